The quantitative estimate of drug-likeness (QED) is 0.187. The largest absolute Gasteiger partial charge is 0.455 e. The van der Waals surface area contributed by atoms with E-state index in [2.05, 4.69) is 193 Å². The molecule has 0 aliphatic rings. The van der Waals surface area contributed by atoms with Crippen LogP contribution in [-0.2, 0) is 0 Å². The summed E-state index contributed by atoms with van der Waals surface area (Å²) in [5.41, 5.74) is 9.94. The maximum atomic E-state index is 6.65. The van der Waals surface area contributed by atoms with E-state index in [-0.39, 0.29) is 0 Å². The van der Waals surface area contributed by atoms with Crippen molar-refractivity contribution in [1.82, 2.24) is 0 Å². The summed E-state index contributed by atoms with van der Waals surface area (Å²) in [5, 5.41) is 9.40. The molecule has 0 fully saturated rings. The van der Waals surface area contributed by atoms with Crippen molar-refractivity contribution in [1.29, 1.82) is 0 Å². The third-order valence-corrected chi connectivity index (χ3v) is 10.0. The summed E-state index contributed by atoms with van der Waals surface area (Å²) in [4.78, 5) is 2.40. The third kappa shape index (κ3) is 4.50. The molecule has 0 spiro atoms. The minimum Gasteiger partial charge on any atom is -0.455 e. The highest BCUT2D eigenvalue weighted by atomic mass is 16.3. The molecule has 1 heterocycles. The highest BCUT2D eigenvalue weighted by molar-refractivity contribution is 6.20. The Morgan fingerprint density at radius 1 is 0.340 bits per heavy atom. The Hall–Kier alpha value is -6.64. The average molecular weight is 638 g/mol. The van der Waals surface area contributed by atoms with Crippen LogP contribution >= 0.6 is 0 Å². The Bertz CT molecular complexity index is 2860. The fourth-order valence-electron chi connectivity index (χ4n) is 7.76. The van der Waals surface area contributed by atoms with E-state index in [1.807, 2.05) is 0 Å². The van der Waals surface area contributed by atoms with Crippen LogP contribution < -0.4 is 4.90 Å². The standard InChI is InChI=1S/C48H31NO/c1-2-12-33(13-3-1)39-21-8-17-36-18-9-22-40(46(36)39)35-26-29-37(30-27-35)49(43-23-10-16-32-14-4-6-19-38(32)43)44-24-11-25-45-47(44)42-31-28-34-15-5-7-20-41(34)48(42)50-45/h1-31H. The van der Waals surface area contributed by atoms with E-state index in [0.29, 0.717) is 0 Å². The molecule has 0 amide bonds. The van der Waals surface area contributed by atoms with Gasteiger partial charge in [-0.25, -0.2) is 0 Å². The molecule has 0 N–H and O–H groups in total. The topological polar surface area (TPSA) is 16.4 Å². The van der Waals surface area contributed by atoms with Crippen molar-refractivity contribution in [3.05, 3.63) is 188 Å². The molecular formula is C48H31NO. The zero-order valence-corrected chi connectivity index (χ0v) is 27.3. The third-order valence-electron chi connectivity index (χ3n) is 10.0. The summed E-state index contributed by atoms with van der Waals surface area (Å²) >= 11 is 0. The van der Waals surface area contributed by atoms with Gasteiger partial charge in [-0.15, -0.1) is 0 Å². The van der Waals surface area contributed by atoms with Gasteiger partial charge in [-0.1, -0.05) is 152 Å². The predicted octanol–water partition coefficient (Wildman–Crippen LogP) is 13.8. The molecule has 0 bridgehead atoms. The van der Waals surface area contributed by atoms with Crippen LogP contribution in [0.4, 0.5) is 17.1 Å². The zero-order chi connectivity index (χ0) is 33.0. The minimum absolute atomic E-state index is 0.875. The van der Waals surface area contributed by atoms with Crippen molar-refractivity contribution in [2.75, 3.05) is 4.90 Å². The molecule has 0 atom stereocenters. The van der Waals surface area contributed by atoms with Crippen LogP contribution in [-0.4, -0.2) is 0 Å². The second-order valence-electron chi connectivity index (χ2n) is 12.9. The van der Waals surface area contributed by atoms with E-state index >= 15 is 0 Å². The molecule has 1 aromatic heterocycles. The molecule has 9 aromatic carbocycles. The number of nitrogens with zero attached hydrogens (tertiary/aromatic N) is 1. The number of hydrogen-bond donors (Lipinski definition) is 0. The molecule has 234 valence electrons. The van der Waals surface area contributed by atoms with Gasteiger partial charge in [0.2, 0.25) is 0 Å². The highest BCUT2D eigenvalue weighted by Gasteiger charge is 2.22. The van der Waals surface area contributed by atoms with Crippen molar-refractivity contribution in [2.45, 2.75) is 0 Å². The lowest BCUT2D eigenvalue weighted by Gasteiger charge is -2.28. The summed E-state index contributed by atoms with van der Waals surface area (Å²) in [7, 11) is 0. The summed E-state index contributed by atoms with van der Waals surface area (Å²) in [5.74, 6) is 0. The van der Waals surface area contributed by atoms with E-state index < -0.39 is 0 Å². The molecule has 2 heteroatoms. The molecule has 0 saturated carbocycles. The summed E-state index contributed by atoms with van der Waals surface area (Å²) in [6, 6.07) is 67.4. The number of rotatable bonds is 5. The maximum Gasteiger partial charge on any atom is 0.143 e. The van der Waals surface area contributed by atoms with Crippen LogP contribution in [0.15, 0.2) is 192 Å². The number of furan rings is 1. The first-order chi connectivity index (χ1) is 24.8. The van der Waals surface area contributed by atoms with Crippen molar-refractivity contribution >= 4 is 71.3 Å². The highest BCUT2D eigenvalue weighted by Crippen LogP contribution is 2.46. The van der Waals surface area contributed by atoms with Crippen molar-refractivity contribution < 1.29 is 4.42 Å². The summed E-state index contributed by atoms with van der Waals surface area (Å²) in [6.45, 7) is 0. The Labute approximate surface area is 290 Å². The molecule has 10 aromatic rings. The van der Waals surface area contributed by atoms with Crippen LogP contribution in [0, 0.1) is 0 Å². The molecule has 0 saturated heterocycles. The van der Waals surface area contributed by atoms with E-state index in [1.165, 1.54) is 49.2 Å². The molecule has 50 heavy (non-hydrogen) atoms. The van der Waals surface area contributed by atoms with Crippen molar-refractivity contribution in [3.8, 4) is 22.3 Å². The minimum atomic E-state index is 0.875. The van der Waals surface area contributed by atoms with Gasteiger partial charge in [-0.05, 0) is 80.2 Å². The van der Waals surface area contributed by atoms with Crippen LogP contribution in [0.2, 0.25) is 0 Å². The zero-order valence-electron chi connectivity index (χ0n) is 27.3. The summed E-state index contributed by atoms with van der Waals surface area (Å²) in [6.07, 6.45) is 0. The Morgan fingerprint density at radius 3 is 1.70 bits per heavy atom. The number of fused-ring (bicyclic) bond motifs is 7. The van der Waals surface area contributed by atoms with Crippen LogP contribution in [0.1, 0.15) is 0 Å². The van der Waals surface area contributed by atoms with Crippen molar-refractivity contribution in [2.24, 2.45) is 0 Å². The van der Waals surface area contributed by atoms with E-state index in [9.17, 15) is 0 Å². The van der Waals surface area contributed by atoms with Crippen LogP contribution in [0.25, 0.3) is 76.5 Å². The molecule has 0 radical (unpaired) electrons. The first kappa shape index (κ1) is 28.4. The van der Waals surface area contributed by atoms with Gasteiger partial charge < -0.3 is 9.32 Å². The van der Waals surface area contributed by atoms with Crippen LogP contribution in [0.3, 0.4) is 0 Å². The summed E-state index contributed by atoms with van der Waals surface area (Å²) < 4.78 is 6.65. The van der Waals surface area contributed by atoms with Gasteiger partial charge in [-0.3, -0.25) is 0 Å². The fraction of sp³-hybridized carbons (Fsp3) is 0. The van der Waals surface area contributed by atoms with Gasteiger partial charge in [0.1, 0.15) is 11.2 Å². The lowest BCUT2D eigenvalue weighted by molar-refractivity contribution is 0.672. The van der Waals surface area contributed by atoms with Gasteiger partial charge in [0, 0.05) is 21.8 Å². The first-order valence-corrected chi connectivity index (χ1v) is 17.1. The van der Waals surface area contributed by atoms with Gasteiger partial charge >= 0.3 is 0 Å². The SMILES string of the molecule is c1ccc(-c2cccc3cccc(-c4ccc(N(c5cccc6ccccc56)c5cccc6oc7c8ccccc8ccc7c56)cc4)c23)cc1. The number of hydrogen-bond acceptors (Lipinski definition) is 2. The Kier molecular flexibility index (Phi) is 6.53. The maximum absolute atomic E-state index is 6.65. The van der Waals surface area contributed by atoms with Gasteiger partial charge in [-0.2, -0.15) is 0 Å². The lowest BCUT2D eigenvalue weighted by atomic mass is 9.91. The fourth-order valence-corrected chi connectivity index (χ4v) is 7.76. The van der Waals surface area contributed by atoms with E-state index in [0.717, 1.165) is 44.4 Å². The number of anilines is 3. The second-order valence-corrected chi connectivity index (χ2v) is 12.9. The molecule has 10 rings (SSSR count). The Balaban J connectivity index is 1.20. The Morgan fingerprint density at radius 2 is 0.920 bits per heavy atom. The second kappa shape index (κ2) is 11.5. The lowest BCUT2D eigenvalue weighted by Crippen LogP contribution is -2.10. The number of benzene rings is 9. The van der Waals surface area contributed by atoms with Gasteiger partial charge in [0.25, 0.3) is 0 Å². The van der Waals surface area contributed by atoms with E-state index in [1.54, 1.807) is 0 Å². The average Bonchev–Trinajstić information content (AvgIpc) is 3.58. The normalized spacial score (nSPS) is 11.6. The molecule has 0 aliphatic heterocycles. The molecule has 0 aliphatic carbocycles. The first-order valence-electron chi connectivity index (χ1n) is 17.1. The predicted molar refractivity (Wildman–Crippen MR) is 212 cm³/mol. The van der Waals surface area contributed by atoms with E-state index in [4.69, 9.17) is 4.42 Å². The molecular weight excluding hydrogens is 607 g/mol. The van der Waals surface area contributed by atoms with Gasteiger partial charge in [0.05, 0.1) is 16.8 Å². The van der Waals surface area contributed by atoms with Crippen molar-refractivity contribution in [3.63, 3.8) is 0 Å². The molecule has 2 nitrogen and oxygen atoms in total. The van der Waals surface area contributed by atoms with Crippen LogP contribution in [0.5, 0.6) is 0 Å². The smallest absolute Gasteiger partial charge is 0.143 e. The molecule has 0 unspecified atom stereocenters. The monoisotopic (exact) mass is 637 g/mol. The van der Waals surface area contributed by atoms with Gasteiger partial charge in [0.15, 0.2) is 0 Å².